The summed E-state index contributed by atoms with van der Waals surface area (Å²) in [4.78, 5) is 14.6. The SMILES string of the molecule is CCC1(C)CCN(CC(=O)c2cccc(OC)c2)CC1. The maximum Gasteiger partial charge on any atom is 0.176 e. The number of carbonyl (C=O) groups is 1. The van der Waals surface area contributed by atoms with Crippen LogP contribution in [-0.2, 0) is 0 Å². The highest BCUT2D eigenvalue weighted by Crippen LogP contribution is 2.33. The van der Waals surface area contributed by atoms with Gasteiger partial charge in [-0.2, -0.15) is 0 Å². The standard InChI is InChI=1S/C17H25NO2/c1-4-17(2)8-10-18(11-9-17)13-16(19)14-6-5-7-15(12-14)20-3/h5-7,12H,4,8-11,13H2,1-3H3. The number of carbonyl (C=O) groups excluding carboxylic acids is 1. The molecule has 3 nitrogen and oxygen atoms in total. The number of ketones is 1. The van der Waals surface area contributed by atoms with Crippen LogP contribution < -0.4 is 4.74 Å². The van der Waals surface area contributed by atoms with Crippen molar-refractivity contribution in [1.29, 1.82) is 0 Å². The van der Waals surface area contributed by atoms with Crippen LogP contribution in [0, 0.1) is 5.41 Å². The Morgan fingerprint density at radius 1 is 1.35 bits per heavy atom. The van der Waals surface area contributed by atoms with Gasteiger partial charge in [-0.15, -0.1) is 0 Å². The second-order valence-corrected chi connectivity index (χ2v) is 6.10. The van der Waals surface area contributed by atoms with E-state index >= 15 is 0 Å². The van der Waals surface area contributed by atoms with Gasteiger partial charge >= 0.3 is 0 Å². The number of nitrogens with zero attached hydrogens (tertiary/aromatic N) is 1. The van der Waals surface area contributed by atoms with Crippen LogP contribution in [0.15, 0.2) is 24.3 Å². The van der Waals surface area contributed by atoms with Crippen LogP contribution in [0.1, 0.15) is 43.5 Å². The van der Waals surface area contributed by atoms with Crippen molar-refractivity contribution in [3.05, 3.63) is 29.8 Å². The van der Waals surface area contributed by atoms with Gasteiger partial charge < -0.3 is 4.74 Å². The van der Waals surface area contributed by atoms with E-state index in [-0.39, 0.29) is 5.78 Å². The Bertz CT molecular complexity index is 462. The van der Waals surface area contributed by atoms with E-state index < -0.39 is 0 Å². The molecule has 2 rings (SSSR count). The van der Waals surface area contributed by atoms with E-state index in [0.717, 1.165) is 24.4 Å². The number of hydrogen-bond acceptors (Lipinski definition) is 3. The fourth-order valence-corrected chi connectivity index (χ4v) is 2.70. The molecule has 0 amide bonds. The fourth-order valence-electron chi connectivity index (χ4n) is 2.70. The van der Waals surface area contributed by atoms with Crippen molar-refractivity contribution >= 4 is 5.78 Å². The minimum Gasteiger partial charge on any atom is -0.497 e. The van der Waals surface area contributed by atoms with Gasteiger partial charge in [0, 0.05) is 5.56 Å². The van der Waals surface area contributed by atoms with Crippen molar-refractivity contribution in [2.75, 3.05) is 26.7 Å². The molecule has 0 saturated carbocycles. The molecule has 0 unspecified atom stereocenters. The van der Waals surface area contributed by atoms with E-state index in [1.165, 1.54) is 19.3 Å². The maximum absolute atomic E-state index is 12.3. The highest BCUT2D eigenvalue weighted by atomic mass is 16.5. The van der Waals surface area contributed by atoms with Crippen LogP contribution in [0.25, 0.3) is 0 Å². The van der Waals surface area contributed by atoms with Crippen molar-refractivity contribution in [2.45, 2.75) is 33.1 Å². The molecule has 0 atom stereocenters. The average Bonchev–Trinajstić information content (AvgIpc) is 2.50. The van der Waals surface area contributed by atoms with E-state index in [9.17, 15) is 4.79 Å². The maximum atomic E-state index is 12.3. The molecule has 0 aliphatic carbocycles. The topological polar surface area (TPSA) is 29.5 Å². The van der Waals surface area contributed by atoms with E-state index in [4.69, 9.17) is 4.74 Å². The number of ether oxygens (including phenoxy) is 1. The number of hydrogen-bond donors (Lipinski definition) is 0. The quantitative estimate of drug-likeness (QED) is 0.771. The molecule has 1 fully saturated rings. The van der Waals surface area contributed by atoms with E-state index in [2.05, 4.69) is 18.7 Å². The predicted octanol–water partition coefficient (Wildman–Crippen LogP) is 3.39. The highest BCUT2D eigenvalue weighted by Gasteiger charge is 2.28. The molecule has 0 N–H and O–H groups in total. The third-order valence-electron chi connectivity index (χ3n) is 4.68. The smallest absolute Gasteiger partial charge is 0.176 e. The van der Waals surface area contributed by atoms with Gasteiger partial charge in [0.1, 0.15) is 5.75 Å². The highest BCUT2D eigenvalue weighted by molar-refractivity contribution is 5.97. The molecule has 1 aromatic carbocycles. The molecule has 110 valence electrons. The van der Waals surface area contributed by atoms with Crippen molar-refractivity contribution in [2.24, 2.45) is 5.41 Å². The van der Waals surface area contributed by atoms with Crippen LogP contribution in [0.2, 0.25) is 0 Å². The van der Waals surface area contributed by atoms with Crippen LogP contribution in [0.4, 0.5) is 0 Å². The first kappa shape index (κ1) is 15.0. The van der Waals surface area contributed by atoms with E-state index in [1.54, 1.807) is 7.11 Å². The zero-order valence-electron chi connectivity index (χ0n) is 12.8. The van der Waals surface area contributed by atoms with Crippen LogP contribution in [0.3, 0.4) is 0 Å². The molecular weight excluding hydrogens is 250 g/mol. The third-order valence-corrected chi connectivity index (χ3v) is 4.68. The molecule has 1 aromatic rings. The minimum absolute atomic E-state index is 0.184. The molecule has 1 aliphatic heterocycles. The number of likely N-dealkylation sites (tertiary alicyclic amines) is 1. The van der Waals surface area contributed by atoms with Gasteiger partial charge in [0.05, 0.1) is 13.7 Å². The number of methoxy groups -OCH3 is 1. The van der Waals surface area contributed by atoms with Crippen molar-refractivity contribution in [1.82, 2.24) is 4.90 Å². The van der Waals surface area contributed by atoms with E-state index in [0.29, 0.717) is 12.0 Å². The summed E-state index contributed by atoms with van der Waals surface area (Å²) >= 11 is 0. The minimum atomic E-state index is 0.184. The Morgan fingerprint density at radius 3 is 2.65 bits per heavy atom. The van der Waals surface area contributed by atoms with Gasteiger partial charge in [-0.05, 0) is 43.5 Å². The first-order valence-corrected chi connectivity index (χ1v) is 7.46. The molecule has 1 heterocycles. The Kier molecular flexibility index (Phi) is 4.81. The molecular formula is C17H25NO2. The van der Waals surface area contributed by atoms with Crippen molar-refractivity contribution < 1.29 is 9.53 Å². The Balaban J connectivity index is 1.92. The summed E-state index contributed by atoms with van der Waals surface area (Å²) in [5, 5.41) is 0. The van der Waals surface area contributed by atoms with Gasteiger partial charge in [0.2, 0.25) is 0 Å². The Morgan fingerprint density at radius 2 is 2.05 bits per heavy atom. The first-order chi connectivity index (χ1) is 9.56. The van der Waals surface area contributed by atoms with Crippen LogP contribution >= 0.6 is 0 Å². The lowest BCUT2D eigenvalue weighted by Gasteiger charge is -2.38. The van der Waals surface area contributed by atoms with Crippen molar-refractivity contribution in [3.8, 4) is 5.75 Å². The summed E-state index contributed by atoms with van der Waals surface area (Å²) in [6.07, 6.45) is 3.61. The number of rotatable bonds is 5. The molecule has 1 aliphatic rings. The molecule has 20 heavy (non-hydrogen) atoms. The van der Waals surface area contributed by atoms with Gasteiger partial charge in [0.15, 0.2) is 5.78 Å². The largest absolute Gasteiger partial charge is 0.497 e. The lowest BCUT2D eigenvalue weighted by Crippen LogP contribution is -2.40. The van der Waals surface area contributed by atoms with Gasteiger partial charge in [-0.25, -0.2) is 0 Å². The zero-order chi connectivity index (χ0) is 14.6. The predicted molar refractivity (Wildman–Crippen MR) is 81.4 cm³/mol. The zero-order valence-corrected chi connectivity index (χ0v) is 12.8. The van der Waals surface area contributed by atoms with Gasteiger partial charge in [-0.1, -0.05) is 32.4 Å². The number of benzene rings is 1. The molecule has 0 bridgehead atoms. The number of Topliss-reactive ketones (excluding diaryl/α,β-unsaturated/α-hetero) is 1. The summed E-state index contributed by atoms with van der Waals surface area (Å²) in [5.41, 5.74) is 1.21. The number of piperidine rings is 1. The summed E-state index contributed by atoms with van der Waals surface area (Å²) in [7, 11) is 1.62. The normalized spacial score (nSPS) is 18.8. The lowest BCUT2D eigenvalue weighted by atomic mass is 9.78. The van der Waals surface area contributed by atoms with Crippen LogP contribution in [-0.4, -0.2) is 37.4 Å². The fraction of sp³-hybridized carbons (Fsp3) is 0.588. The van der Waals surface area contributed by atoms with Gasteiger partial charge in [-0.3, -0.25) is 9.69 Å². The summed E-state index contributed by atoms with van der Waals surface area (Å²) in [6.45, 7) is 7.19. The molecule has 0 aromatic heterocycles. The summed E-state index contributed by atoms with van der Waals surface area (Å²) < 4.78 is 5.17. The second kappa shape index (κ2) is 6.40. The monoisotopic (exact) mass is 275 g/mol. The molecule has 1 saturated heterocycles. The first-order valence-electron chi connectivity index (χ1n) is 7.46. The summed E-state index contributed by atoms with van der Waals surface area (Å²) in [6, 6.07) is 7.42. The third kappa shape index (κ3) is 3.60. The van der Waals surface area contributed by atoms with Crippen LogP contribution in [0.5, 0.6) is 5.75 Å². The molecule has 0 spiro atoms. The van der Waals surface area contributed by atoms with E-state index in [1.807, 2.05) is 24.3 Å². The Labute approximate surface area is 121 Å². The molecule has 0 radical (unpaired) electrons. The summed E-state index contributed by atoms with van der Waals surface area (Å²) in [5.74, 6) is 0.928. The second-order valence-electron chi connectivity index (χ2n) is 6.10. The lowest BCUT2D eigenvalue weighted by molar-refractivity contribution is 0.0812. The molecule has 3 heteroatoms. The Hall–Kier alpha value is -1.35. The average molecular weight is 275 g/mol. The van der Waals surface area contributed by atoms with Gasteiger partial charge in [0.25, 0.3) is 0 Å². The van der Waals surface area contributed by atoms with Crippen molar-refractivity contribution in [3.63, 3.8) is 0 Å².